The Hall–Kier alpha value is -3.13. The fourth-order valence-electron chi connectivity index (χ4n) is 3.10. The predicted octanol–water partition coefficient (Wildman–Crippen LogP) is 2.53. The molecule has 0 aliphatic carbocycles. The zero-order valence-electron chi connectivity index (χ0n) is 18.9. The second-order valence-electron chi connectivity index (χ2n) is 7.22. The Morgan fingerprint density at radius 1 is 0.969 bits per heavy atom. The van der Waals surface area contributed by atoms with Crippen LogP contribution < -0.4 is 20.1 Å². The Morgan fingerprint density at radius 2 is 1.75 bits per heavy atom. The van der Waals surface area contributed by atoms with E-state index >= 15 is 0 Å². The van der Waals surface area contributed by atoms with Crippen molar-refractivity contribution in [1.82, 2.24) is 15.5 Å². The molecule has 0 spiro atoms. The minimum absolute atomic E-state index is 0.0119. The quantitative estimate of drug-likeness (QED) is 0.495. The number of rotatable bonds is 13. The largest absolute Gasteiger partial charge is 0.493 e. The minimum Gasteiger partial charge on any atom is -0.493 e. The molecule has 174 valence electrons. The smallest absolute Gasteiger partial charge is 0.239 e. The van der Waals surface area contributed by atoms with Crippen molar-refractivity contribution in [3.8, 4) is 11.5 Å². The third kappa shape index (κ3) is 8.55. The number of halogens is 1. The summed E-state index contributed by atoms with van der Waals surface area (Å²) < 4.78 is 24.4. The number of ether oxygens (including phenoxy) is 2. The number of methoxy groups -OCH3 is 1. The van der Waals surface area contributed by atoms with E-state index in [0.29, 0.717) is 23.7 Å². The summed E-state index contributed by atoms with van der Waals surface area (Å²) in [6, 6.07) is 11.3. The summed E-state index contributed by atoms with van der Waals surface area (Å²) in [5.74, 6) is 0.178. The highest BCUT2D eigenvalue weighted by Crippen LogP contribution is 2.28. The summed E-state index contributed by atoms with van der Waals surface area (Å²) in [4.78, 5) is 26.3. The standard InChI is InChI=1S/C24H32FN3O4/c1-4-28(5-2)11-12-32-21-10-9-19(14-22(21)31-3)16-26-24(30)17-27-23(29)15-18-7-6-8-20(25)13-18/h6-10,13-14H,4-5,11-12,15-17H2,1-3H3,(H,26,30)(H,27,29). The lowest BCUT2D eigenvalue weighted by Crippen LogP contribution is -2.37. The van der Waals surface area contributed by atoms with Gasteiger partial charge < -0.3 is 25.0 Å². The molecular weight excluding hydrogens is 413 g/mol. The second-order valence-corrected chi connectivity index (χ2v) is 7.22. The van der Waals surface area contributed by atoms with Gasteiger partial charge in [-0.05, 0) is 48.5 Å². The number of benzene rings is 2. The Morgan fingerprint density at radius 3 is 2.44 bits per heavy atom. The molecule has 2 rings (SSSR count). The fraction of sp³-hybridized carbons (Fsp3) is 0.417. The van der Waals surface area contributed by atoms with Crippen LogP contribution in [0.4, 0.5) is 4.39 Å². The van der Waals surface area contributed by atoms with Crippen LogP contribution in [0.5, 0.6) is 11.5 Å². The monoisotopic (exact) mass is 445 g/mol. The van der Waals surface area contributed by atoms with Crippen molar-refractivity contribution in [3.63, 3.8) is 0 Å². The van der Waals surface area contributed by atoms with Gasteiger partial charge in [-0.1, -0.05) is 32.0 Å². The SMILES string of the molecule is CCN(CC)CCOc1ccc(CNC(=O)CNC(=O)Cc2cccc(F)c2)cc1OC. The fourth-order valence-corrected chi connectivity index (χ4v) is 3.10. The summed E-state index contributed by atoms with van der Waals surface area (Å²) in [6.45, 7) is 7.70. The molecule has 0 bridgehead atoms. The van der Waals surface area contributed by atoms with Crippen LogP contribution in [0.3, 0.4) is 0 Å². The van der Waals surface area contributed by atoms with Crippen molar-refractivity contribution in [3.05, 3.63) is 59.4 Å². The van der Waals surface area contributed by atoms with E-state index in [2.05, 4.69) is 29.4 Å². The van der Waals surface area contributed by atoms with Crippen LogP contribution in [0.1, 0.15) is 25.0 Å². The third-order valence-electron chi connectivity index (χ3n) is 4.98. The first-order valence-electron chi connectivity index (χ1n) is 10.7. The molecule has 0 aromatic heterocycles. The highest BCUT2D eigenvalue weighted by Gasteiger charge is 2.10. The third-order valence-corrected chi connectivity index (χ3v) is 4.98. The lowest BCUT2D eigenvalue weighted by Gasteiger charge is -2.19. The van der Waals surface area contributed by atoms with Crippen molar-refractivity contribution in [2.24, 2.45) is 0 Å². The Kier molecular flexibility index (Phi) is 10.5. The van der Waals surface area contributed by atoms with Crippen LogP contribution in [0.15, 0.2) is 42.5 Å². The molecule has 0 unspecified atom stereocenters. The van der Waals surface area contributed by atoms with Gasteiger partial charge in [-0.3, -0.25) is 9.59 Å². The van der Waals surface area contributed by atoms with Crippen molar-refractivity contribution in [1.29, 1.82) is 0 Å². The number of hydrogen-bond donors (Lipinski definition) is 2. The Balaban J connectivity index is 1.77. The lowest BCUT2D eigenvalue weighted by molar-refractivity contribution is -0.125. The molecule has 2 aromatic rings. The van der Waals surface area contributed by atoms with Gasteiger partial charge in [0.15, 0.2) is 11.5 Å². The molecule has 0 aliphatic rings. The molecule has 7 nitrogen and oxygen atoms in total. The molecule has 0 saturated heterocycles. The van der Waals surface area contributed by atoms with Crippen molar-refractivity contribution < 1.29 is 23.5 Å². The number of likely N-dealkylation sites (N-methyl/N-ethyl adjacent to an activating group) is 1. The zero-order valence-corrected chi connectivity index (χ0v) is 18.9. The summed E-state index contributed by atoms with van der Waals surface area (Å²) in [7, 11) is 1.57. The zero-order chi connectivity index (χ0) is 23.3. The molecule has 0 heterocycles. The van der Waals surface area contributed by atoms with E-state index in [0.717, 1.165) is 25.2 Å². The molecule has 8 heteroatoms. The second kappa shape index (κ2) is 13.3. The average molecular weight is 446 g/mol. The predicted molar refractivity (Wildman–Crippen MR) is 121 cm³/mol. The van der Waals surface area contributed by atoms with Gasteiger partial charge in [0.05, 0.1) is 20.1 Å². The van der Waals surface area contributed by atoms with Gasteiger partial charge in [0, 0.05) is 13.1 Å². The van der Waals surface area contributed by atoms with Crippen molar-refractivity contribution >= 4 is 11.8 Å². The normalized spacial score (nSPS) is 10.7. The molecule has 0 aliphatic heterocycles. The van der Waals surface area contributed by atoms with Gasteiger partial charge in [0.1, 0.15) is 12.4 Å². The Bertz CT molecular complexity index is 887. The molecule has 2 N–H and O–H groups in total. The molecule has 0 atom stereocenters. The van der Waals surface area contributed by atoms with E-state index in [-0.39, 0.29) is 31.3 Å². The van der Waals surface area contributed by atoms with Crippen LogP contribution in [0, 0.1) is 5.82 Å². The first kappa shape index (κ1) is 25.1. The maximum absolute atomic E-state index is 13.2. The number of carbonyl (C=O) groups excluding carboxylic acids is 2. The van der Waals surface area contributed by atoms with Crippen molar-refractivity contribution in [2.45, 2.75) is 26.8 Å². The summed E-state index contributed by atoms with van der Waals surface area (Å²) in [5, 5.41) is 5.29. The molecule has 2 aromatic carbocycles. The van der Waals surface area contributed by atoms with Crippen LogP contribution in [-0.4, -0.2) is 56.6 Å². The molecule has 0 fully saturated rings. The van der Waals surface area contributed by atoms with E-state index < -0.39 is 5.82 Å². The Labute approximate surface area is 188 Å². The van der Waals surface area contributed by atoms with E-state index in [9.17, 15) is 14.0 Å². The molecule has 32 heavy (non-hydrogen) atoms. The minimum atomic E-state index is -0.399. The van der Waals surface area contributed by atoms with Crippen LogP contribution in [0.2, 0.25) is 0 Å². The first-order valence-corrected chi connectivity index (χ1v) is 10.7. The molecule has 0 saturated carbocycles. The van der Waals surface area contributed by atoms with Gasteiger partial charge in [-0.25, -0.2) is 4.39 Å². The molecular formula is C24H32FN3O4. The van der Waals surface area contributed by atoms with Crippen molar-refractivity contribution in [2.75, 3.05) is 39.9 Å². The van der Waals surface area contributed by atoms with E-state index in [1.165, 1.54) is 12.1 Å². The first-order chi connectivity index (χ1) is 15.4. The summed E-state index contributed by atoms with van der Waals surface area (Å²) >= 11 is 0. The number of carbonyl (C=O) groups is 2. The van der Waals surface area contributed by atoms with Crippen LogP contribution >= 0.6 is 0 Å². The lowest BCUT2D eigenvalue weighted by atomic mass is 10.1. The maximum Gasteiger partial charge on any atom is 0.239 e. The van der Waals surface area contributed by atoms with E-state index in [1.54, 1.807) is 19.2 Å². The number of hydrogen-bond acceptors (Lipinski definition) is 5. The van der Waals surface area contributed by atoms with Crippen LogP contribution in [-0.2, 0) is 22.6 Å². The topological polar surface area (TPSA) is 79.9 Å². The van der Waals surface area contributed by atoms with Gasteiger partial charge in [0.25, 0.3) is 0 Å². The van der Waals surface area contributed by atoms with E-state index in [4.69, 9.17) is 9.47 Å². The van der Waals surface area contributed by atoms with Gasteiger partial charge >= 0.3 is 0 Å². The van der Waals surface area contributed by atoms with Gasteiger partial charge in [0.2, 0.25) is 11.8 Å². The summed E-state index contributed by atoms with van der Waals surface area (Å²) in [6.07, 6.45) is 0.0119. The number of amides is 2. The average Bonchev–Trinajstić information content (AvgIpc) is 2.79. The number of nitrogens with zero attached hydrogens (tertiary/aromatic N) is 1. The van der Waals surface area contributed by atoms with Gasteiger partial charge in [-0.15, -0.1) is 0 Å². The van der Waals surface area contributed by atoms with E-state index in [1.807, 2.05) is 18.2 Å². The highest BCUT2D eigenvalue weighted by molar-refractivity contribution is 5.85. The summed E-state index contributed by atoms with van der Waals surface area (Å²) in [5.41, 5.74) is 1.40. The number of nitrogens with one attached hydrogen (secondary N) is 2. The highest BCUT2D eigenvalue weighted by atomic mass is 19.1. The molecule has 0 radical (unpaired) electrons. The van der Waals surface area contributed by atoms with Crippen LogP contribution in [0.25, 0.3) is 0 Å². The maximum atomic E-state index is 13.2. The molecule has 2 amide bonds. The van der Waals surface area contributed by atoms with Gasteiger partial charge in [-0.2, -0.15) is 0 Å².